The van der Waals surface area contributed by atoms with Gasteiger partial charge in [0.15, 0.2) is 5.65 Å². The van der Waals surface area contributed by atoms with Gasteiger partial charge in [-0.15, -0.1) is 0 Å². The normalized spacial score (nSPS) is 13.0. The summed E-state index contributed by atoms with van der Waals surface area (Å²) in [6, 6.07) is 5.77. The Bertz CT molecular complexity index is 1830. The summed E-state index contributed by atoms with van der Waals surface area (Å²) >= 11 is 0. The van der Waals surface area contributed by atoms with Crippen LogP contribution in [0.3, 0.4) is 0 Å². The fourth-order valence-electron chi connectivity index (χ4n) is 5.29. The molecule has 0 spiro atoms. The molecular formula is C30H34FN9O5. The number of nitrogens with zero attached hydrogens (tertiary/aromatic N) is 7. The average Bonchev–Trinajstić information content (AvgIpc) is 3.66. The van der Waals surface area contributed by atoms with Crippen LogP contribution in [-0.4, -0.2) is 77.9 Å². The molecule has 0 radical (unpaired) electrons. The predicted octanol–water partition coefficient (Wildman–Crippen LogP) is 1.69. The SMILES string of the molecule is CCCn1c(=O)n(CCNC(C)=O)c(=O)c2[nH]c(-c3ccc(N(CCCN4CCCC4=O)C(=O)c4ccc(F)nc4)nc3)nc21. The molecule has 0 unspecified atom stereocenters. The molecule has 0 saturated carbocycles. The molecule has 1 fully saturated rings. The van der Waals surface area contributed by atoms with Crippen LogP contribution in [0, 0.1) is 5.95 Å². The number of pyridine rings is 2. The summed E-state index contributed by atoms with van der Waals surface area (Å²) in [5.74, 6) is -0.689. The molecule has 14 nitrogen and oxygen atoms in total. The number of imidazole rings is 1. The molecule has 236 valence electrons. The van der Waals surface area contributed by atoms with Crippen LogP contribution in [0.15, 0.2) is 46.2 Å². The molecular weight excluding hydrogens is 585 g/mol. The van der Waals surface area contributed by atoms with Crippen LogP contribution in [0.4, 0.5) is 10.2 Å². The Morgan fingerprint density at radius 3 is 2.51 bits per heavy atom. The van der Waals surface area contributed by atoms with E-state index >= 15 is 0 Å². The second-order valence-corrected chi connectivity index (χ2v) is 10.7. The van der Waals surface area contributed by atoms with Crippen LogP contribution in [0.5, 0.6) is 0 Å². The maximum Gasteiger partial charge on any atom is 0.332 e. The highest BCUT2D eigenvalue weighted by Gasteiger charge is 2.23. The van der Waals surface area contributed by atoms with Crippen molar-refractivity contribution in [2.24, 2.45) is 0 Å². The highest BCUT2D eigenvalue weighted by atomic mass is 19.1. The number of aromatic amines is 1. The summed E-state index contributed by atoms with van der Waals surface area (Å²) in [5.41, 5.74) is -0.0436. The molecule has 45 heavy (non-hydrogen) atoms. The molecule has 0 bridgehead atoms. The summed E-state index contributed by atoms with van der Waals surface area (Å²) in [6.07, 6.45) is 5.12. The largest absolute Gasteiger partial charge is 0.355 e. The van der Waals surface area contributed by atoms with Crippen molar-refractivity contribution >= 4 is 34.7 Å². The van der Waals surface area contributed by atoms with Gasteiger partial charge in [0.1, 0.15) is 17.2 Å². The van der Waals surface area contributed by atoms with E-state index in [0.29, 0.717) is 56.1 Å². The van der Waals surface area contributed by atoms with Crippen LogP contribution >= 0.6 is 0 Å². The van der Waals surface area contributed by atoms with Crippen LogP contribution in [0.2, 0.25) is 0 Å². The summed E-state index contributed by atoms with van der Waals surface area (Å²) < 4.78 is 15.9. The minimum atomic E-state index is -0.706. The smallest absolute Gasteiger partial charge is 0.332 e. The Labute approximate surface area is 256 Å². The van der Waals surface area contributed by atoms with E-state index in [1.54, 1.807) is 17.0 Å². The number of fused-ring (bicyclic) bond motifs is 1. The molecule has 1 saturated heterocycles. The van der Waals surface area contributed by atoms with Crippen LogP contribution in [0.1, 0.15) is 49.9 Å². The first-order valence-electron chi connectivity index (χ1n) is 14.8. The first-order chi connectivity index (χ1) is 21.7. The maximum absolute atomic E-state index is 13.5. The van der Waals surface area contributed by atoms with Crippen LogP contribution < -0.4 is 21.5 Å². The molecule has 0 aromatic carbocycles. The van der Waals surface area contributed by atoms with E-state index in [1.165, 1.54) is 28.7 Å². The number of anilines is 1. The molecule has 5 rings (SSSR count). The van der Waals surface area contributed by atoms with E-state index in [9.17, 15) is 28.4 Å². The topological polar surface area (TPSA) is 168 Å². The van der Waals surface area contributed by atoms with E-state index in [1.807, 2.05) is 6.92 Å². The zero-order chi connectivity index (χ0) is 32.1. The van der Waals surface area contributed by atoms with Crippen molar-refractivity contribution in [3.63, 3.8) is 0 Å². The second kappa shape index (κ2) is 13.6. The van der Waals surface area contributed by atoms with Crippen LogP contribution in [0.25, 0.3) is 22.6 Å². The van der Waals surface area contributed by atoms with E-state index in [4.69, 9.17) is 0 Å². The minimum Gasteiger partial charge on any atom is -0.355 e. The number of hydrogen-bond donors (Lipinski definition) is 2. The van der Waals surface area contributed by atoms with Gasteiger partial charge in [-0.05, 0) is 43.5 Å². The van der Waals surface area contributed by atoms with Gasteiger partial charge in [-0.25, -0.2) is 19.7 Å². The molecule has 1 aliphatic heterocycles. The van der Waals surface area contributed by atoms with Gasteiger partial charge in [0.25, 0.3) is 11.5 Å². The number of likely N-dealkylation sites (tertiary alicyclic amines) is 1. The van der Waals surface area contributed by atoms with Crippen molar-refractivity contribution in [3.8, 4) is 11.4 Å². The highest BCUT2D eigenvalue weighted by Crippen LogP contribution is 2.22. The number of hydrogen-bond acceptors (Lipinski definition) is 8. The Balaban J connectivity index is 1.44. The third kappa shape index (κ3) is 6.81. The Morgan fingerprint density at radius 2 is 1.87 bits per heavy atom. The number of rotatable bonds is 12. The second-order valence-electron chi connectivity index (χ2n) is 10.7. The lowest BCUT2D eigenvalue weighted by atomic mass is 10.2. The Morgan fingerprint density at radius 1 is 1.04 bits per heavy atom. The lowest BCUT2D eigenvalue weighted by Crippen LogP contribution is -2.42. The number of halogens is 1. The van der Waals surface area contributed by atoms with Gasteiger partial charge in [-0.2, -0.15) is 4.39 Å². The first-order valence-corrected chi connectivity index (χ1v) is 14.8. The van der Waals surface area contributed by atoms with Gasteiger partial charge in [0.05, 0.1) is 5.56 Å². The van der Waals surface area contributed by atoms with Gasteiger partial charge >= 0.3 is 5.69 Å². The minimum absolute atomic E-state index is 0.000859. The van der Waals surface area contributed by atoms with Crippen molar-refractivity contribution < 1.29 is 18.8 Å². The Hall–Kier alpha value is -5.21. The maximum atomic E-state index is 13.5. The lowest BCUT2D eigenvalue weighted by molar-refractivity contribution is -0.127. The van der Waals surface area contributed by atoms with Crippen molar-refractivity contribution in [1.29, 1.82) is 0 Å². The third-order valence-electron chi connectivity index (χ3n) is 7.52. The quantitative estimate of drug-likeness (QED) is 0.226. The highest BCUT2D eigenvalue weighted by molar-refractivity contribution is 6.05. The molecule has 5 heterocycles. The van der Waals surface area contributed by atoms with Gasteiger partial charge in [0, 0.05) is 70.6 Å². The fourth-order valence-corrected chi connectivity index (χ4v) is 5.29. The zero-order valence-corrected chi connectivity index (χ0v) is 25.1. The summed E-state index contributed by atoms with van der Waals surface area (Å²) in [4.78, 5) is 82.2. The van der Waals surface area contributed by atoms with E-state index in [-0.39, 0.29) is 48.2 Å². The fraction of sp³-hybridized carbons (Fsp3) is 0.400. The van der Waals surface area contributed by atoms with Crippen molar-refractivity contribution in [1.82, 2.24) is 39.3 Å². The average molecular weight is 620 g/mol. The van der Waals surface area contributed by atoms with Crippen molar-refractivity contribution in [2.45, 2.75) is 52.6 Å². The molecule has 15 heteroatoms. The molecule has 4 aromatic heterocycles. The molecule has 0 atom stereocenters. The van der Waals surface area contributed by atoms with Gasteiger partial charge in [-0.1, -0.05) is 6.92 Å². The standard InChI is InChI=1S/C30H34FN9O5/c1-3-12-39-27-25(29(44)40(30(39)45)16-11-32-19(2)41)35-26(36-27)20-8-10-23(34-17-20)38(15-5-14-37-13-4-6-24(37)42)28(43)21-7-9-22(31)33-18-21/h7-10,17-18H,3-6,11-16H2,1-2H3,(H,32,41)(H,35,36). The van der Waals surface area contributed by atoms with Gasteiger partial charge in [0.2, 0.25) is 17.8 Å². The molecule has 2 N–H and O–H groups in total. The zero-order valence-electron chi connectivity index (χ0n) is 25.1. The van der Waals surface area contributed by atoms with E-state index in [2.05, 4.69) is 25.3 Å². The number of aromatic nitrogens is 6. The van der Waals surface area contributed by atoms with Gasteiger partial charge < -0.3 is 15.2 Å². The predicted molar refractivity (Wildman–Crippen MR) is 163 cm³/mol. The molecule has 0 aliphatic carbocycles. The van der Waals surface area contributed by atoms with Crippen molar-refractivity contribution in [3.05, 3.63) is 69.0 Å². The first kappa shape index (κ1) is 31.2. The Kier molecular flexibility index (Phi) is 9.45. The van der Waals surface area contributed by atoms with Crippen molar-refractivity contribution in [2.75, 3.05) is 31.1 Å². The number of nitrogens with one attached hydrogen (secondary N) is 2. The van der Waals surface area contributed by atoms with Gasteiger partial charge in [-0.3, -0.25) is 33.2 Å². The summed E-state index contributed by atoms with van der Waals surface area (Å²) in [6.45, 7) is 5.13. The summed E-state index contributed by atoms with van der Waals surface area (Å²) in [5, 5.41) is 2.60. The van der Waals surface area contributed by atoms with Crippen LogP contribution in [-0.2, 0) is 22.7 Å². The lowest BCUT2D eigenvalue weighted by Gasteiger charge is -2.23. The monoisotopic (exact) mass is 619 g/mol. The number of carbonyl (C=O) groups is 3. The van der Waals surface area contributed by atoms with E-state index in [0.717, 1.165) is 23.3 Å². The number of carbonyl (C=O) groups excluding carboxylic acids is 3. The number of amides is 3. The van der Waals surface area contributed by atoms with E-state index < -0.39 is 23.1 Å². The third-order valence-corrected chi connectivity index (χ3v) is 7.52. The molecule has 1 aliphatic rings. The number of aryl methyl sites for hydroxylation is 1. The summed E-state index contributed by atoms with van der Waals surface area (Å²) in [7, 11) is 0. The number of H-pyrrole nitrogens is 1. The molecule has 3 amide bonds. The molecule has 4 aromatic rings.